The lowest BCUT2D eigenvalue weighted by Crippen LogP contribution is -2.43. The quantitative estimate of drug-likeness (QED) is 0.476. The Kier molecular flexibility index (Phi) is 4.75. The molecule has 0 spiro atoms. The number of methoxy groups -OCH3 is 1. The molecule has 2 aliphatic rings. The van der Waals surface area contributed by atoms with E-state index in [-0.39, 0.29) is 11.9 Å². The zero-order valence-corrected chi connectivity index (χ0v) is 18.3. The van der Waals surface area contributed by atoms with E-state index in [1.54, 1.807) is 13.3 Å². The highest BCUT2D eigenvalue weighted by Gasteiger charge is 2.54. The fourth-order valence-electron chi connectivity index (χ4n) is 4.94. The molecular formula is C26H24N4O3. The molecule has 2 aromatic carbocycles. The number of aromatic nitrogens is 2. The monoisotopic (exact) mass is 440 g/mol. The third-order valence-corrected chi connectivity index (χ3v) is 6.71. The summed E-state index contributed by atoms with van der Waals surface area (Å²) in [6.45, 7) is 1.36. The first-order valence-electron chi connectivity index (χ1n) is 11.2. The van der Waals surface area contributed by atoms with Gasteiger partial charge >= 0.3 is 0 Å². The van der Waals surface area contributed by atoms with Gasteiger partial charge in [0.15, 0.2) is 5.58 Å². The lowest BCUT2D eigenvalue weighted by Gasteiger charge is -2.28. The number of para-hydroxylation sites is 2. The van der Waals surface area contributed by atoms with Crippen LogP contribution < -0.4 is 10.1 Å². The number of amides is 1. The van der Waals surface area contributed by atoms with Crippen molar-refractivity contribution in [1.82, 2.24) is 14.9 Å². The van der Waals surface area contributed by atoms with E-state index in [4.69, 9.17) is 9.15 Å². The molecule has 0 unspecified atom stereocenters. The first kappa shape index (κ1) is 19.8. The Hall–Kier alpha value is -3.87. The molecule has 1 aliphatic carbocycles. The van der Waals surface area contributed by atoms with E-state index in [1.165, 1.54) is 0 Å². The van der Waals surface area contributed by atoms with E-state index in [0.717, 1.165) is 40.9 Å². The molecule has 3 atom stereocenters. The van der Waals surface area contributed by atoms with Crippen LogP contribution >= 0.6 is 0 Å². The van der Waals surface area contributed by atoms with Crippen LogP contribution in [0.5, 0.6) is 5.75 Å². The minimum atomic E-state index is -0.0371. The normalized spacial score (nSPS) is 21.1. The zero-order chi connectivity index (χ0) is 22.4. The first-order chi connectivity index (χ1) is 16.2. The Morgan fingerprint density at radius 2 is 2.09 bits per heavy atom. The molecule has 6 rings (SSSR count). The number of fused-ring (bicyclic) bond motifs is 2. The SMILES string of the molecule is COc1cccc(-c2cccnc2C(=O)N2C[C@H]3C[C@H]3[C@H]2CNc2nc3ccccc3o2)c1. The van der Waals surface area contributed by atoms with Crippen LogP contribution in [0, 0.1) is 11.8 Å². The Morgan fingerprint density at radius 3 is 2.97 bits per heavy atom. The molecule has 33 heavy (non-hydrogen) atoms. The summed E-state index contributed by atoms with van der Waals surface area (Å²) in [5.74, 6) is 1.78. The van der Waals surface area contributed by atoms with Gasteiger partial charge in [0.2, 0.25) is 0 Å². The molecular weight excluding hydrogens is 416 g/mol. The van der Waals surface area contributed by atoms with Gasteiger partial charge in [-0.05, 0) is 54.2 Å². The number of carbonyl (C=O) groups excluding carboxylic acids is 1. The first-order valence-corrected chi connectivity index (χ1v) is 11.2. The Bertz CT molecular complexity index is 1300. The average molecular weight is 441 g/mol. The van der Waals surface area contributed by atoms with E-state index >= 15 is 0 Å². The van der Waals surface area contributed by atoms with Gasteiger partial charge in [0, 0.05) is 24.8 Å². The second-order valence-electron chi connectivity index (χ2n) is 8.68. The molecule has 4 aromatic rings. The second kappa shape index (κ2) is 7.92. The van der Waals surface area contributed by atoms with Crippen LogP contribution in [0.1, 0.15) is 16.9 Å². The molecule has 166 valence electrons. The number of ether oxygens (including phenoxy) is 1. The van der Waals surface area contributed by atoms with Crippen LogP contribution in [0.15, 0.2) is 71.3 Å². The number of piperidine rings is 1. The molecule has 1 saturated heterocycles. The topological polar surface area (TPSA) is 80.5 Å². The number of pyridine rings is 1. The van der Waals surface area contributed by atoms with E-state index in [1.807, 2.05) is 65.6 Å². The minimum absolute atomic E-state index is 0.0371. The summed E-state index contributed by atoms with van der Waals surface area (Å²) in [7, 11) is 1.64. The van der Waals surface area contributed by atoms with Crippen LogP contribution in [0.4, 0.5) is 6.01 Å². The predicted octanol–water partition coefficient (Wildman–Crippen LogP) is 4.47. The fraction of sp³-hybridized carbons (Fsp3) is 0.269. The maximum atomic E-state index is 13.7. The van der Waals surface area contributed by atoms with E-state index in [0.29, 0.717) is 30.1 Å². The van der Waals surface area contributed by atoms with Gasteiger partial charge in [-0.1, -0.05) is 30.3 Å². The van der Waals surface area contributed by atoms with E-state index < -0.39 is 0 Å². The summed E-state index contributed by atoms with van der Waals surface area (Å²) in [4.78, 5) is 24.7. The van der Waals surface area contributed by atoms with Crippen molar-refractivity contribution < 1.29 is 13.9 Å². The third kappa shape index (κ3) is 3.59. The smallest absolute Gasteiger partial charge is 0.295 e. The van der Waals surface area contributed by atoms with Gasteiger partial charge in [0.25, 0.3) is 11.9 Å². The molecule has 0 bridgehead atoms. The third-order valence-electron chi connectivity index (χ3n) is 6.71. The molecule has 1 saturated carbocycles. The minimum Gasteiger partial charge on any atom is -0.497 e. The predicted molar refractivity (Wildman–Crippen MR) is 125 cm³/mol. The van der Waals surface area contributed by atoms with Crippen molar-refractivity contribution in [2.75, 3.05) is 25.5 Å². The van der Waals surface area contributed by atoms with Crippen molar-refractivity contribution in [2.45, 2.75) is 12.5 Å². The number of hydrogen-bond donors (Lipinski definition) is 1. The van der Waals surface area contributed by atoms with Gasteiger partial charge in [-0.3, -0.25) is 9.78 Å². The Balaban J connectivity index is 1.25. The number of hydrogen-bond acceptors (Lipinski definition) is 6. The molecule has 2 fully saturated rings. The van der Waals surface area contributed by atoms with Crippen LogP contribution in [-0.4, -0.2) is 47.0 Å². The molecule has 7 nitrogen and oxygen atoms in total. The van der Waals surface area contributed by atoms with Crippen molar-refractivity contribution in [3.63, 3.8) is 0 Å². The van der Waals surface area contributed by atoms with Crippen LogP contribution in [0.2, 0.25) is 0 Å². The lowest BCUT2D eigenvalue weighted by atomic mass is 10.0. The Morgan fingerprint density at radius 1 is 1.18 bits per heavy atom. The number of carbonyl (C=O) groups is 1. The number of nitrogens with one attached hydrogen (secondary N) is 1. The summed E-state index contributed by atoms with van der Waals surface area (Å²) in [5, 5.41) is 3.32. The highest BCUT2D eigenvalue weighted by atomic mass is 16.5. The number of anilines is 1. The molecule has 7 heteroatoms. The van der Waals surface area contributed by atoms with Gasteiger partial charge in [-0.25, -0.2) is 0 Å². The largest absolute Gasteiger partial charge is 0.497 e. The fourth-order valence-corrected chi connectivity index (χ4v) is 4.94. The average Bonchev–Trinajstić information content (AvgIpc) is 3.35. The summed E-state index contributed by atoms with van der Waals surface area (Å²) in [6, 6.07) is 19.8. The Labute approximate surface area is 191 Å². The van der Waals surface area contributed by atoms with Crippen LogP contribution in [0.25, 0.3) is 22.2 Å². The number of nitrogens with zero attached hydrogens (tertiary/aromatic N) is 3. The van der Waals surface area contributed by atoms with Crippen molar-refractivity contribution in [3.05, 3.63) is 72.6 Å². The zero-order valence-electron chi connectivity index (χ0n) is 18.3. The summed E-state index contributed by atoms with van der Waals surface area (Å²) in [5.41, 5.74) is 3.77. The molecule has 1 aliphatic heterocycles. The summed E-state index contributed by atoms with van der Waals surface area (Å²) >= 11 is 0. The highest BCUT2D eigenvalue weighted by Crippen LogP contribution is 2.50. The molecule has 1 N–H and O–H groups in total. The molecule has 1 amide bonds. The standard InChI is InChI=1S/C26H24N4O3/c1-32-18-7-4-6-16(12-18)19-8-5-11-27-24(19)25(31)30-15-17-13-20(17)22(30)14-28-26-29-21-9-2-3-10-23(21)33-26/h2-12,17,20,22H,13-15H2,1H3,(H,28,29)/t17-,20-,22-/m1/s1. The summed E-state index contributed by atoms with van der Waals surface area (Å²) in [6.07, 6.45) is 2.84. The van der Waals surface area contributed by atoms with Crippen molar-refractivity contribution in [2.24, 2.45) is 11.8 Å². The van der Waals surface area contributed by atoms with Crippen LogP contribution in [-0.2, 0) is 0 Å². The van der Waals surface area contributed by atoms with Crippen molar-refractivity contribution in [3.8, 4) is 16.9 Å². The second-order valence-corrected chi connectivity index (χ2v) is 8.68. The number of benzene rings is 2. The maximum Gasteiger partial charge on any atom is 0.295 e. The van der Waals surface area contributed by atoms with E-state index in [2.05, 4.69) is 15.3 Å². The number of likely N-dealkylation sites (tertiary alicyclic amines) is 1. The van der Waals surface area contributed by atoms with Gasteiger partial charge in [0.05, 0.1) is 13.2 Å². The number of rotatable bonds is 6. The molecule has 2 aromatic heterocycles. The van der Waals surface area contributed by atoms with Crippen LogP contribution in [0.3, 0.4) is 0 Å². The molecule has 0 radical (unpaired) electrons. The van der Waals surface area contributed by atoms with Gasteiger partial charge < -0.3 is 19.4 Å². The van der Waals surface area contributed by atoms with Gasteiger partial charge in [-0.15, -0.1) is 0 Å². The van der Waals surface area contributed by atoms with Gasteiger partial charge in [-0.2, -0.15) is 4.98 Å². The maximum absolute atomic E-state index is 13.7. The summed E-state index contributed by atoms with van der Waals surface area (Å²) < 4.78 is 11.2. The van der Waals surface area contributed by atoms with Crippen molar-refractivity contribution >= 4 is 23.0 Å². The highest BCUT2D eigenvalue weighted by molar-refractivity contribution is 5.99. The number of oxazole rings is 1. The van der Waals surface area contributed by atoms with Gasteiger partial charge in [0.1, 0.15) is 17.0 Å². The lowest BCUT2D eigenvalue weighted by molar-refractivity contribution is 0.0710. The van der Waals surface area contributed by atoms with E-state index in [9.17, 15) is 4.79 Å². The van der Waals surface area contributed by atoms with Crippen molar-refractivity contribution in [1.29, 1.82) is 0 Å². The molecule has 3 heterocycles.